The summed E-state index contributed by atoms with van der Waals surface area (Å²) in [6.45, 7) is 6.05. The van der Waals surface area contributed by atoms with Crippen LogP contribution in [0.3, 0.4) is 0 Å². The van der Waals surface area contributed by atoms with Crippen molar-refractivity contribution in [3.8, 4) is 0 Å². The Morgan fingerprint density at radius 3 is 2.59 bits per heavy atom. The summed E-state index contributed by atoms with van der Waals surface area (Å²) in [6, 6.07) is 0. The van der Waals surface area contributed by atoms with Gasteiger partial charge in [-0.15, -0.1) is 0 Å². The molecule has 1 aliphatic rings. The zero-order valence-corrected chi connectivity index (χ0v) is 11.7. The molecular weight excluding hydrogens is 214 g/mol. The zero-order valence-electron chi connectivity index (χ0n) is 11.7. The summed E-state index contributed by atoms with van der Waals surface area (Å²) in [4.78, 5) is 0. The average molecular weight is 243 g/mol. The van der Waals surface area contributed by atoms with Crippen molar-refractivity contribution in [3.63, 3.8) is 0 Å². The molecule has 1 fully saturated rings. The quantitative estimate of drug-likeness (QED) is 0.699. The molecule has 1 saturated carbocycles. The van der Waals surface area contributed by atoms with Gasteiger partial charge in [-0.25, -0.2) is 0 Å². The van der Waals surface area contributed by atoms with Crippen LogP contribution >= 0.6 is 0 Å². The molecule has 0 spiro atoms. The van der Waals surface area contributed by atoms with E-state index in [4.69, 9.17) is 15.2 Å². The lowest BCUT2D eigenvalue weighted by atomic mass is 9.88. The van der Waals surface area contributed by atoms with Crippen LogP contribution in [-0.4, -0.2) is 32.5 Å². The standard InChI is InChI=1S/C14H29NO2/c1-14(2,11-15)8-5-9-17-13-7-4-6-12(10-13)16-3/h12-13H,4-11,15H2,1-3H3. The van der Waals surface area contributed by atoms with E-state index in [9.17, 15) is 0 Å². The summed E-state index contributed by atoms with van der Waals surface area (Å²) in [6.07, 6.45) is 7.76. The monoisotopic (exact) mass is 243 g/mol. The summed E-state index contributed by atoms with van der Waals surface area (Å²) >= 11 is 0. The third kappa shape index (κ3) is 5.84. The molecular formula is C14H29NO2. The second kappa shape index (κ2) is 7.34. The molecule has 0 heterocycles. The topological polar surface area (TPSA) is 44.5 Å². The van der Waals surface area contributed by atoms with Crippen LogP contribution in [-0.2, 0) is 9.47 Å². The number of ether oxygens (including phenoxy) is 2. The minimum Gasteiger partial charge on any atom is -0.381 e. The Hall–Kier alpha value is -0.120. The van der Waals surface area contributed by atoms with Gasteiger partial charge in [-0.1, -0.05) is 13.8 Å². The van der Waals surface area contributed by atoms with Gasteiger partial charge in [0.2, 0.25) is 0 Å². The van der Waals surface area contributed by atoms with Gasteiger partial charge in [-0.05, 0) is 50.5 Å². The molecule has 0 saturated heterocycles. The highest BCUT2D eigenvalue weighted by Crippen LogP contribution is 2.24. The van der Waals surface area contributed by atoms with Gasteiger partial charge in [0, 0.05) is 13.7 Å². The SMILES string of the molecule is COC1CCCC(OCCCC(C)(C)CN)C1. The highest BCUT2D eigenvalue weighted by molar-refractivity contribution is 4.74. The fourth-order valence-corrected chi connectivity index (χ4v) is 2.37. The van der Waals surface area contributed by atoms with Crippen LogP contribution in [0.15, 0.2) is 0 Å². The van der Waals surface area contributed by atoms with Gasteiger partial charge in [0.25, 0.3) is 0 Å². The average Bonchev–Trinajstić information content (AvgIpc) is 2.35. The number of methoxy groups -OCH3 is 1. The van der Waals surface area contributed by atoms with Crippen LogP contribution < -0.4 is 5.73 Å². The summed E-state index contributed by atoms with van der Waals surface area (Å²) in [5, 5.41) is 0. The Morgan fingerprint density at radius 1 is 1.24 bits per heavy atom. The van der Waals surface area contributed by atoms with Crippen molar-refractivity contribution in [2.75, 3.05) is 20.3 Å². The second-order valence-electron chi connectivity index (χ2n) is 5.99. The zero-order chi connectivity index (χ0) is 12.7. The van der Waals surface area contributed by atoms with Gasteiger partial charge in [-0.3, -0.25) is 0 Å². The van der Waals surface area contributed by atoms with Crippen LogP contribution in [0, 0.1) is 5.41 Å². The summed E-state index contributed by atoms with van der Waals surface area (Å²) in [7, 11) is 1.80. The van der Waals surface area contributed by atoms with E-state index in [1.165, 1.54) is 19.3 Å². The lowest BCUT2D eigenvalue weighted by Crippen LogP contribution is -2.28. The highest BCUT2D eigenvalue weighted by Gasteiger charge is 2.22. The fourth-order valence-electron chi connectivity index (χ4n) is 2.37. The van der Waals surface area contributed by atoms with Crippen molar-refractivity contribution >= 4 is 0 Å². The molecule has 0 bridgehead atoms. The molecule has 2 unspecified atom stereocenters. The maximum absolute atomic E-state index is 5.93. The Bertz CT molecular complexity index is 206. The minimum atomic E-state index is 0.255. The number of rotatable bonds is 7. The number of hydrogen-bond acceptors (Lipinski definition) is 3. The lowest BCUT2D eigenvalue weighted by molar-refractivity contribution is -0.0316. The molecule has 0 amide bonds. The molecule has 2 N–H and O–H groups in total. The van der Waals surface area contributed by atoms with E-state index in [1.54, 1.807) is 7.11 Å². The molecule has 0 radical (unpaired) electrons. The normalized spacial score (nSPS) is 26.1. The largest absolute Gasteiger partial charge is 0.381 e. The van der Waals surface area contributed by atoms with E-state index < -0.39 is 0 Å². The summed E-state index contributed by atoms with van der Waals surface area (Å²) in [5.41, 5.74) is 5.97. The molecule has 0 aliphatic heterocycles. The first kappa shape index (κ1) is 14.9. The van der Waals surface area contributed by atoms with Gasteiger partial charge in [0.1, 0.15) is 0 Å². The molecule has 102 valence electrons. The van der Waals surface area contributed by atoms with Crippen molar-refractivity contribution in [2.45, 2.75) is 64.6 Å². The van der Waals surface area contributed by atoms with Gasteiger partial charge in [0.15, 0.2) is 0 Å². The Kier molecular flexibility index (Phi) is 6.45. The first-order valence-electron chi connectivity index (χ1n) is 6.92. The van der Waals surface area contributed by atoms with E-state index in [1.807, 2.05) is 0 Å². The Labute approximate surface area is 106 Å². The van der Waals surface area contributed by atoms with E-state index in [0.717, 1.165) is 32.4 Å². The number of nitrogens with two attached hydrogens (primary N) is 1. The Balaban J connectivity index is 2.10. The van der Waals surface area contributed by atoms with E-state index in [2.05, 4.69) is 13.8 Å². The van der Waals surface area contributed by atoms with Crippen molar-refractivity contribution in [2.24, 2.45) is 11.1 Å². The van der Waals surface area contributed by atoms with Gasteiger partial charge < -0.3 is 15.2 Å². The van der Waals surface area contributed by atoms with Crippen molar-refractivity contribution < 1.29 is 9.47 Å². The maximum Gasteiger partial charge on any atom is 0.0599 e. The van der Waals surface area contributed by atoms with Crippen LogP contribution in [0.4, 0.5) is 0 Å². The third-order valence-corrected chi connectivity index (χ3v) is 3.82. The van der Waals surface area contributed by atoms with Crippen LogP contribution in [0.2, 0.25) is 0 Å². The first-order valence-corrected chi connectivity index (χ1v) is 6.92. The predicted molar refractivity (Wildman–Crippen MR) is 71.1 cm³/mol. The third-order valence-electron chi connectivity index (χ3n) is 3.82. The molecule has 0 aromatic heterocycles. The minimum absolute atomic E-state index is 0.255. The molecule has 1 aliphatic carbocycles. The summed E-state index contributed by atoms with van der Waals surface area (Å²) in [5.74, 6) is 0. The van der Waals surface area contributed by atoms with Gasteiger partial charge >= 0.3 is 0 Å². The number of hydrogen-bond donors (Lipinski definition) is 1. The maximum atomic E-state index is 5.93. The molecule has 17 heavy (non-hydrogen) atoms. The summed E-state index contributed by atoms with van der Waals surface area (Å²) < 4.78 is 11.3. The predicted octanol–water partition coefficient (Wildman–Crippen LogP) is 2.73. The smallest absolute Gasteiger partial charge is 0.0599 e. The Morgan fingerprint density at radius 2 is 1.94 bits per heavy atom. The highest BCUT2D eigenvalue weighted by atomic mass is 16.5. The van der Waals surface area contributed by atoms with Crippen LogP contribution in [0.25, 0.3) is 0 Å². The van der Waals surface area contributed by atoms with Crippen molar-refractivity contribution in [3.05, 3.63) is 0 Å². The van der Waals surface area contributed by atoms with Gasteiger partial charge in [-0.2, -0.15) is 0 Å². The molecule has 2 atom stereocenters. The van der Waals surface area contributed by atoms with Gasteiger partial charge in [0.05, 0.1) is 12.2 Å². The molecule has 0 aromatic rings. The fraction of sp³-hybridized carbons (Fsp3) is 1.00. The molecule has 0 aromatic carbocycles. The first-order chi connectivity index (χ1) is 8.07. The molecule has 3 heteroatoms. The molecule has 1 rings (SSSR count). The van der Waals surface area contributed by atoms with Crippen LogP contribution in [0.1, 0.15) is 52.4 Å². The van der Waals surface area contributed by atoms with Crippen molar-refractivity contribution in [1.82, 2.24) is 0 Å². The van der Waals surface area contributed by atoms with E-state index in [-0.39, 0.29) is 5.41 Å². The molecule has 3 nitrogen and oxygen atoms in total. The lowest BCUT2D eigenvalue weighted by Gasteiger charge is -2.29. The van der Waals surface area contributed by atoms with Crippen LogP contribution in [0.5, 0.6) is 0 Å². The van der Waals surface area contributed by atoms with E-state index >= 15 is 0 Å². The van der Waals surface area contributed by atoms with Crippen molar-refractivity contribution in [1.29, 1.82) is 0 Å². The van der Waals surface area contributed by atoms with E-state index in [0.29, 0.717) is 12.2 Å². The second-order valence-corrected chi connectivity index (χ2v) is 5.99.